The molecule has 0 saturated carbocycles. The van der Waals surface area contributed by atoms with E-state index in [1.165, 1.54) is 24.7 Å². The van der Waals surface area contributed by atoms with E-state index in [4.69, 9.17) is 9.57 Å². The van der Waals surface area contributed by atoms with Crippen molar-refractivity contribution in [2.75, 3.05) is 6.61 Å². The molecule has 4 aromatic rings. The van der Waals surface area contributed by atoms with Gasteiger partial charge >= 0.3 is 12.1 Å². The zero-order valence-electron chi connectivity index (χ0n) is 20.5. The van der Waals surface area contributed by atoms with Crippen molar-refractivity contribution in [3.63, 3.8) is 0 Å². The zero-order valence-corrected chi connectivity index (χ0v) is 20.5. The van der Waals surface area contributed by atoms with E-state index in [0.717, 1.165) is 22.3 Å². The highest BCUT2D eigenvalue weighted by molar-refractivity contribution is 6.21. The molecule has 194 valence electrons. The van der Waals surface area contributed by atoms with Crippen LogP contribution in [0.1, 0.15) is 43.5 Å². The standard InChI is InChI=1S/C29H22N4O6/c34-26-22-11-5-6-12-23(22)27(35)33(26)39-28(36)25(13-17-14-30-16-31-17)32-29(37)38-15-24-20-9-3-1-7-18(20)19-8-2-4-10-21(19)24/h1-12,14,16,24-25H,13,15H2,(H,30,31)(H,32,37)/t25-/m0/s1. The van der Waals surface area contributed by atoms with Crippen molar-refractivity contribution < 1.29 is 28.8 Å². The molecule has 6 rings (SSSR count). The molecule has 10 nitrogen and oxygen atoms in total. The highest BCUT2D eigenvalue weighted by atomic mass is 16.7. The number of ether oxygens (including phenoxy) is 1. The minimum Gasteiger partial charge on any atom is -0.449 e. The Kier molecular flexibility index (Phi) is 6.12. The maximum absolute atomic E-state index is 13.1. The number of hydrogen-bond donors (Lipinski definition) is 2. The van der Waals surface area contributed by atoms with Gasteiger partial charge in [-0.1, -0.05) is 65.7 Å². The molecule has 39 heavy (non-hydrogen) atoms. The van der Waals surface area contributed by atoms with Crippen LogP contribution in [-0.4, -0.2) is 51.6 Å². The number of nitrogens with one attached hydrogen (secondary N) is 2. The Bertz CT molecular complexity index is 1520. The number of aromatic amines is 1. The minimum absolute atomic E-state index is 0.0355. The Hall–Kier alpha value is -5.25. The molecular weight excluding hydrogens is 500 g/mol. The molecule has 0 saturated heterocycles. The molecule has 0 spiro atoms. The van der Waals surface area contributed by atoms with Gasteiger partial charge in [0.15, 0.2) is 0 Å². The molecule has 2 N–H and O–H groups in total. The summed E-state index contributed by atoms with van der Waals surface area (Å²) in [5.41, 5.74) is 5.05. The number of imidazole rings is 1. The van der Waals surface area contributed by atoms with E-state index in [1.807, 2.05) is 48.5 Å². The first-order valence-corrected chi connectivity index (χ1v) is 12.3. The molecule has 1 aromatic heterocycles. The third-order valence-corrected chi connectivity index (χ3v) is 6.84. The maximum Gasteiger partial charge on any atom is 0.407 e. The largest absolute Gasteiger partial charge is 0.449 e. The summed E-state index contributed by atoms with van der Waals surface area (Å²) in [5.74, 6) is -2.69. The third kappa shape index (κ3) is 4.42. The summed E-state index contributed by atoms with van der Waals surface area (Å²) in [6.45, 7) is 0.0457. The molecule has 1 aliphatic carbocycles. The van der Waals surface area contributed by atoms with Gasteiger partial charge in [0, 0.05) is 24.2 Å². The molecule has 2 aliphatic rings. The molecule has 0 radical (unpaired) electrons. The molecule has 1 aliphatic heterocycles. The van der Waals surface area contributed by atoms with Crippen molar-refractivity contribution in [2.45, 2.75) is 18.4 Å². The van der Waals surface area contributed by atoms with Crippen LogP contribution in [0.2, 0.25) is 0 Å². The maximum atomic E-state index is 13.1. The summed E-state index contributed by atoms with van der Waals surface area (Å²) in [4.78, 5) is 63.3. The number of carbonyl (C=O) groups is 4. The van der Waals surface area contributed by atoms with Gasteiger partial charge in [-0.3, -0.25) is 9.59 Å². The van der Waals surface area contributed by atoms with Crippen LogP contribution in [0, 0.1) is 0 Å². The van der Waals surface area contributed by atoms with Crippen LogP contribution in [0.3, 0.4) is 0 Å². The second-order valence-corrected chi connectivity index (χ2v) is 9.16. The van der Waals surface area contributed by atoms with Gasteiger partial charge < -0.3 is 19.9 Å². The zero-order chi connectivity index (χ0) is 26.9. The molecule has 10 heteroatoms. The van der Waals surface area contributed by atoms with Gasteiger partial charge in [0.25, 0.3) is 11.8 Å². The third-order valence-electron chi connectivity index (χ3n) is 6.84. The van der Waals surface area contributed by atoms with Crippen LogP contribution < -0.4 is 5.32 Å². The molecule has 3 amide bonds. The van der Waals surface area contributed by atoms with Crippen LogP contribution in [0.4, 0.5) is 4.79 Å². The van der Waals surface area contributed by atoms with Crippen molar-refractivity contribution >= 4 is 23.9 Å². The summed E-state index contributed by atoms with van der Waals surface area (Å²) in [6.07, 6.45) is 2.03. The average molecular weight is 523 g/mol. The van der Waals surface area contributed by atoms with E-state index in [9.17, 15) is 19.2 Å². The fraction of sp³-hybridized carbons (Fsp3) is 0.138. The minimum atomic E-state index is -1.27. The summed E-state index contributed by atoms with van der Waals surface area (Å²) in [7, 11) is 0. The van der Waals surface area contributed by atoms with E-state index in [-0.39, 0.29) is 30.1 Å². The fourth-order valence-corrected chi connectivity index (χ4v) is 5.00. The lowest BCUT2D eigenvalue weighted by Gasteiger charge is -2.20. The Morgan fingerprint density at radius 2 is 1.44 bits per heavy atom. The molecule has 0 bridgehead atoms. The van der Waals surface area contributed by atoms with Crippen LogP contribution >= 0.6 is 0 Å². The summed E-state index contributed by atoms with van der Waals surface area (Å²) in [5, 5.41) is 2.93. The molecule has 2 heterocycles. The number of hydroxylamine groups is 2. The number of fused-ring (bicyclic) bond motifs is 4. The van der Waals surface area contributed by atoms with Gasteiger partial charge in [-0.05, 0) is 34.4 Å². The molecule has 3 aromatic carbocycles. The van der Waals surface area contributed by atoms with Gasteiger partial charge in [-0.2, -0.15) is 0 Å². The molecule has 0 unspecified atom stereocenters. The number of aromatic nitrogens is 2. The van der Waals surface area contributed by atoms with Crippen molar-refractivity contribution in [2.24, 2.45) is 0 Å². The Labute approximate surface area is 222 Å². The van der Waals surface area contributed by atoms with Crippen LogP contribution in [0.25, 0.3) is 11.1 Å². The van der Waals surface area contributed by atoms with Gasteiger partial charge in [0.2, 0.25) is 0 Å². The van der Waals surface area contributed by atoms with Crippen LogP contribution in [0.5, 0.6) is 0 Å². The number of H-pyrrole nitrogens is 1. The highest BCUT2D eigenvalue weighted by Gasteiger charge is 2.40. The normalized spacial score (nSPS) is 14.4. The number of alkyl carbamates (subject to hydrolysis) is 1. The van der Waals surface area contributed by atoms with Crippen molar-refractivity contribution in [1.29, 1.82) is 0 Å². The lowest BCUT2D eigenvalue weighted by molar-refractivity contribution is -0.171. The van der Waals surface area contributed by atoms with Gasteiger partial charge in [0.05, 0.1) is 17.5 Å². The van der Waals surface area contributed by atoms with Gasteiger partial charge in [-0.15, -0.1) is 0 Å². The smallest absolute Gasteiger partial charge is 0.407 e. The molecule has 0 fully saturated rings. The first-order valence-electron chi connectivity index (χ1n) is 12.3. The van der Waals surface area contributed by atoms with Gasteiger partial charge in [-0.25, -0.2) is 14.6 Å². The van der Waals surface area contributed by atoms with Crippen LogP contribution in [-0.2, 0) is 20.8 Å². The number of nitrogens with zero attached hydrogens (tertiary/aromatic N) is 2. The summed E-state index contributed by atoms with van der Waals surface area (Å²) >= 11 is 0. The van der Waals surface area contributed by atoms with Crippen molar-refractivity contribution in [1.82, 2.24) is 20.3 Å². The molecule has 1 atom stereocenters. The molecular formula is C29H22N4O6. The highest BCUT2D eigenvalue weighted by Crippen LogP contribution is 2.44. The fourth-order valence-electron chi connectivity index (χ4n) is 5.00. The average Bonchev–Trinajstić information content (AvgIpc) is 3.65. The van der Waals surface area contributed by atoms with Crippen molar-refractivity contribution in [3.8, 4) is 11.1 Å². The first-order chi connectivity index (χ1) is 19.0. The number of amides is 3. The monoisotopic (exact) mass is 522 g/mol. The quantitative estimate of drug-likeness (QED) is 0.355. The Morgan fingerprint density at radius 1 is 0.872 bits per heavy atom. The lowest BCUT2D eigenvalue weighted by Crippen LogP contribution is -2.47. The van der Waals surface area contributed by atoms with E-state index in [1.54, 1.807) is 12.1 Å². The number of carbonyl (C=O) groups excluding carboxylic acids is 4. The van der Waals surface area contributed by atoms with E-state index in [0.29, 0.717) is 10.8 Å². The number of rotatable bonds is 7. The SMILES string of the molecule is O=C(N[C@@H](Cc1cnc[nH]1)C(=O)ON1C(=O)c2ccccc2C1=O)OCC1c2ccccc2-c2ccccc21. The second-order valence-electron chi connectivity index (χ2n) is 9.16. The summed E-state index contributed by atoms with van der Waals surface area (Å²) in [6, 6.07) is 20.8. The number of imide groups is 1. The summed E-state index contributed by atoms with van der Waals surface area (Å²) < 4.78 is 5.57. The number of hydrogen-bond acceptors (Lipinski definition) is 7. The first kappa shape index (κ1) is 24.1. The van der Waals surface area contributed by atoms with Gasteiger partial charge in [0.1, 0.15) is 12.6 Å². The van der Waals surface area contributed by atoms with E-state index in [2.05, 4.69) is 15.3 Å². The predicted molar refractivity (Wildman–Crippen MR) is 137 cm³/mol. The topological polar surface area (TPSA) is 131 Å². The second kappa shape index (κ2) is 9.90. The number of benzene rings is 3. The Morgan fingerprint density at radius 3 is 2.00 bits per heavy atom. The van der Waals surface area contributed by atoms with E-state index >= 15 is 0 Å². The Balaban J connectivity index is 1.16. The van der Waals surface area contributed by atoms with Crippen LogP contribution in [0.15, 0.2) is 85.3 Å². The van der Waals surface area contributed by atoms with E-state index < -0.39 is 29.9 Å². The predicted octanol–water partition coefficient (Wildman–Crippen LogP) is 3.61. The lowest BCUT2D eigenvalue weighted by atomic mass is 9.98. The van der Waals surface area contributed by atoms with Crippen molar-refractivity contribution in [3.05, 3.63) is 113 Å².